The Labute approximate surface area is 159 Å². The van der Waals surface area contributed by atoms with E-state index in [0.29, 0.717) is 12.5 Å². The van der Waals surface area contributed by atoms with Crippen LogP contribution in [0.25, 0.3) is 5.65 Å². The van der Waals surface area contributed by atoms with Gasteiger partial charge in [-0.05, 0) is 31.4 Å². The predicted molar refractivity (Wildman–Crippen MR) is 105 cm³/mol. The highest BCUT2D eigenvalue weighted by atomic mass is 16.5. The van der Waals surface area contributed by atoms with Crippen molar-refractivity contribution in [2.24, 2.45) is 4.99 Å². The van der Waals surface area contributed by atoms with Crippen LogP contribution in [0.3, 0.4) is 0 Å². The van der Waals surface area contributed by atoms with E-state index >= 15 is 0 Å². The first-order valence-electron chi connectivity index (χ1n) is 9.43. The molecule has 0 aliphatic rings. The molecule has 8 nitrogen and oxygen atoms in total. The second-order valence-corrected chi connectivity index (χ2v) is 6.64. The van der Waals surface area contributed by atoms with Gasteiger partial charge in [-0.2, -0.15) is 0 Å². The maximum atomic E-state index is 5.34. The molecule has 0 saturated heterocycles. The Bertz CT molecular complexity index is 881. The minimum Gasteiger partial charge on any atom is -0.359 e. The van der Waals surface area contributed by atoms with Crippen LogP contribution in [-0.2, 0) is 13.0 Å². The second kappa shape index (κ2) is 9.16. The quantitative estimate of drug-likeness (QED) is 0.360. The van der Waals surface area contributed by atoms with E-state index in [1.54, 1.807) is 0 Å². The second-order valence-electron chi connectivity index (χ2n) is 6.64. The normalized spacial score (nSPS) is 12.1. The number of aliphatic imine (C=N–C) groups is 1. The van der Waals surface area contributed by atoms with E-state index < -0.39 is 0 Å². The summed E-state index contributed by atoms with van der Waals surface area (Å²) in [6, 6.07) is 7.88. The topological polar surface area (TPSA) is 92.6 Å². The van der Waals surface area contributed by atoms with E-state index in [0.717, 1.165) is 54.8 Å². The smallest absolute Gasteiger partial charge is 0.191 e. The number of rotatable bonds is 8. The average Bonchev–Trinajstić information content (AvgIpc) is 3.30. The molecule has 0 unspecified atom stereocenters. The van der Waals surface area contributed by atoms with E-state index in [-0.39, 0.29) is 0 Å². The van der Waals surface area contributed by atoms with Gasteiger partial charge in [0.05, 0.1) is 5.69 Å². The molecule has 0 radical (unpaired) electrons. The number of guanidine groups is 1. The highest BCUT2D eigenvalue weighted by molar-refractivity contribution is 5.79. The number of pyridine rings is 1. The lowest BCUT2D eigenvalue weighted by Crippen LogP contribution is -2.37. The van der Waals surface area contributed by atoms with Gasteiger partial charge in [-0.1, -0.05) is 25.1 Å². The fourth-order valence-corrected chi connectivity index (χ4v) is 2.69. The maximum Gasteiger partial charge on any atom is 0.191 e. The number of aromatic nitrogens is 4. The molecule has 144 valence electrons. The number of hydrogen-bond donors (Lipinski definition) is 2. The first-order chi connectivity index (χ1) is 13.2. The minimum atomic E-state index is 0.353. The predicted octanol–water partition coefficient (Wildman–Crippen LogP) is 2.53. The summed E-state index contributed by atoms with van der Waals surface area (Å²) in [7, 11) is 0. The Morgan fingerprint density at radius 3 is 2.93 bits per heavy atom. The molecule has 0 aliphatic heterocycles. The van der Waals surface area contributed by atoms with Gasteiger partial charge in [-0.15, -0.1) is 10.2 Å². The average molecular weight is 369 g/mol. The van der Waals surface area contributed by atoms with Crippen LogP contribution in [0.1, 0.15) is 50.4 Å². The van der Waals surface area contributed by atoms with Crippen molar-refractivity contribution >= 4 is 11.6 Å². The van der Waals surface area contributed by atoms with Crippen molar-refractivity contribution in [1.29, 1.82) is 0 Å². The number of nitrogens with zero attached hydrogens (tertiary/aromatic N) is 5. The number of fused-ring (bicyclic) bond motifs is 1. The lowest BCUT2D eigenvalue weighted by atomic mass is 10.1. The molecule has 0 atom stereocenters. The van der Waals surface area contributed by atoms with E-state index in [1.807, 2.05) is 41.8 Å². The van der Waals surface area contributed by atoms with Crippen molar-refractivity contribution in [3.05, 3.63) is 47.7 Å². The minimum absolute atomic E-state index is 0.353. The van der Waals surface area contributed by atoms with Crippen LogP contribution in [0.2, 0.25) is 0 Å². The maximum absolute atomic E-state index is 5.34. The molecule has 0 aromatic carbocycles. The molecule has 0 amide bonds. The van der Waals surface area contributed by atoms with Crippen LogP contribution in [0.4, 0.5) is 0 Å². The number of hydrogen-bond acceptors (Lipinski definition) is 5. The summed E-state index contributed by atoms with van der Waals surface area (Å²) in [5.74, 6) is 2.86. The van der Waals surface area contributed by atoms with Crippen LogP contribution >= 0.6 is 0 Å². The Balaban J connectivity index is 1.50. The summed E-state index contributed by atoms with van der Waals surface area (Å²) < 4.78 is 7.36. The van der Waals surface area contributed by atoms with Crippen molar-refractivity contribution in [2.45, 2.75) is 46.1 Å². The zero-order valence-corrected chi connectivity index (χ0v) is 16.1. The van der Waals surface area contributed by atoms with Gasteiger partial charge in [-0.25, -0.2) is 4.99 Å². The summed E-state index contributed by atoms with van der Waals surface area (Å²) in [6.07, 6.45) is 3.77. The van der Waals surface area contributed by atoms with Gasteiger partial charge in [0, 0.05) is 31.8 Å². The van der Waals surface area contributed by atoms with Crippen molar-refractivity contribution in [3.8, 4) is 0 Å². The van der Waals surface area contributed by atoms with Crippen molar-refractivity contribution in [1.82, 2.24) is 30.4 Å². The fraction of sp³-hybridized carbons (Fsp3) is 0.474. The molecular formula is C19H27N7O. The zero-order valence-electron chi connectivity index (χ0n) is 16.1. The molecule has 27 heavy (non-hydrogen) atoms. The van der Waals surface area contributed by atoms with Gasteiger partial charge < -0.3 is 15.2 Å². The molecule has 0 spiro atoms. The molecule has 0 fully saturated rings. The molecular weight excluding hydrogens is 342 g/mol. The molecule has 3 heterocycles. The van der Waals surface area contributed by atoms with Gasteiger partial charge in [0.2, 0.25) is 0 Å². The van der Waals surface area contributed by atoms with E-state index in [2.05, 4.69) is 44.8 Å². The molecule has 2 N–H and O–H groups in total. The Morgan fingerprint density at radius 2 is 2.15 bits per heavy atom. The monoisotopic (exact) mass is 369 g/mol. The number of nitrogens with one attached hydrogen (secondary N) is 2. The molecule has 3 aromatic heterocycles. The van der Waals surface area contributed by atoms with Crippen LogP contribution in [0.15, 0.2) is 40.0 Å². The highest BCUT2D eigenvalue weighted by Crippen LogP contribution is 2.14. The van der Waals surface area contributed by atoms with E-state index in [1.165, 1.54) is 0 Å². The Morgan fingerprint density at radius 1 is 1.26 bits per heavy atom. The molecule has 3 rings (SSSR count). The van der Waals surface area contributed by atoms with Crippen LogP contribution in [0.5, 0.6) is 0 Å². The van der Waals surface area contributed by atoms with Gasteiger partial charge in [0.25, 0.3) is 0 Å². The zero-order chi connectivity index (χ0) is 19.1. The highest BCUT2D eigenvalue weighted by Gasteiger charge is 2.08. The summed E-state index contributed by atoms with van der Waals surface area (Å²) in [4.78, 5) is 4.57. The van der Waals surface area contributed by atoms with E-state index in [9.17, 15) is 0 Å². The van der Waals surface area contributed by atoms with E-state index in [4.69, 9.17) is 4.52 Å². The van der Waals surface area contributed by atoms with Crippen LogP contribution in [0, 0.1) is 0 Å². The van der Waals surface area contributed by atoms with Gasteiger partial charge in [-0.3, -0.25) is 4.40 Å². The van der Waals surface area contributed by atoms with Gasteiger partial charge in [0.1, 0.15) is 12.4 Å². The molecule has 8 heteroatoms. The summed E-state index contributed by atoms with van der Waals surface area (Å²) in [5, 5.41) is 19.1. The Hall–Kier alpha value is -2.90. The first-order valence-corrected chi connectivity index (χ1v) is 9.43. The lowest BCUT2D eigenvalue weighted by molar-refractivity contribution is 0.376. The third-order valence-corrected chi connectivity index (χ3v) is 4.16. The Kier molecular flexibility index (Phi) is 6.40. The summed E-state index contributed by atoms with van der Waals surface area (Å²) in [5.41, 5.74) is 1.84. The third-order valence-electron chi connectivity index (χ3n) is 4.16. The SMILES string of the molecule is CCNC(=NCc1cc(C(C)C)no1)NCCCc1nnc2ccccn12. The van der Waals surface area contributed by atoms with Crippen molar-refractivity contribution in [3.63, 3.8) is 0 Å². The van der Waals surface area contributed by atoms with Gasteiger partial charge in [0.15, 0.2) is 17.4 Å². The fourth-order valence-electron chi connectivity index (χ4n) is 2.69. The van der Waals surface area contributed by atoms with Crippen molar-refractivity contribution < 1.29 is 4.52 Å². The molecule has 0 saturated carbocycles. The number of aryl methyl sites for hydroxylation is 1. The summed E-state index contributed by atoms with van der Waals surface area (Å²) >= 11 is 0. The third kappa shape index (κ3) is 5.06. The summed E-state index contributed by atoms with van der Waals surface area (Å²) in [6.45, 7) is 8.29. The van der Waals surface area contributed by atoms with Gasteiger partial charge >= 0.3 is 0 Å². The molecule has 0 bridgehead atoms. The first kappa shape index (κ1) is 18.9. The van der Waals surface area contributed by atoms with Crippen LogP contribution < -0.4 is 10.6 Å². The largest absolute Gasteiger partial charge is 0.359 e. The lowest BCUT2D eigenvalue weighted by Gasteiger charge is -2.10. The molecule has 0 aliphatic carbocycles. The molecule has 3 aromatic rings. The standard InChI is InChI=1S/C19H27N7O/c1-4-20-19(22-13-15-12-16(14(2)3)25-27-15)21-10-7-9-18-24-23-17-8-5-6-11-26(17)18/h5-6,8,11-12,14H,4,7,9-10,13H2,1-3H3,(H2,20,21,22). The van der Waals surface area contributed by atoms with Crippen LogP contribution in [-0.4, -0.2) is 38.8 Å². The van der Waals surface area contributed by atoms with Crippen molar-refractivity contribution in [2.75, 3.05) is 13.1 Å².